The van der Waals surface area contributed by atoms with Crippen LogP contribution in [0.15, 0.2) is 24.3 Å². The summed E-state index contributed by atoms with van der Waals surface area (Å²) in [7, 11) is 0. The summed E-state index contributed by atoms with van der Waals surface area (Å²) in [5.74, 6) is -0.283. The molecular weight excluding hydrogens is 217 g/mol. The van der Waals surface area contributed by atoms with Crippen LogP contribution in [-0.4, -0.2) is 10.9 Å². The number of carbonyl (C=O) groups excluding carboxylic acids is 1. The van der Waals surface area contributed by atoms with Crippen molar-refractivity contribution in [3.63, 3.8) is 0 Å². The minimum Gasteiger partial charge on any atom is -0.315 e. The molecule has 0 spiro atoms. The summed E-state index contributed by atoms with van der Waals surface area (Å²) in [6.45, 7) is 5.60. The lowest BCUT2D eigenvalue weighted by Crippen LogP contribution is -2.02. The molecule has 2 rings (SSSR count). The van der Waals surface area contributed by atoms with Crippen LogP contribution in [0.2, 0.25) is 0 Å². The Bertz CT molecular complexity index is 584. The molecule has 1 heterocycles. The van der Waals surface area contributed by atoms with Crippen molar-refractivity contribution < 1.29 is 9.18 Å². The highest BCUT2D eigenvalue weighted by atomic mass is 19.1. The van der Waals surface area contributed by atoms with Crippen LogP contribution < -0.4 is 0 Å². The number of hydrogen-bond donors (Lipinski definition) is 0. The van der Waals surface area contributed by atoms with Gasteiger partial charge in [0.1, 0.15) is 5.82 Å². The molecule has 3 heteroatoms. The number of nitrogens with zero attached hydrogens (tertiary/aromatic N) is 1. The van der Waals surface area contributed by atoms with Gasteiger partial charge in [-0.05, 0) is 44.5 Å². The molecule has 0 aliphatic rings. The molecule has 2 aromatic rings. The second-order valence-corrected chi connectivity index (χ2v) is 4.23. The first-order chi connectivity index (χ1) is 8.04. The summed E-state index contributed by atoms with van der Waals surface area (Å²) in [5, 5.41) is 0. The molecule has 0 atom stereocenters. The van der Waals surface area contributed by atoms with Crippen molar-refractivity contribution in [3.05, 3.63) is 52.6 Å². The topological polar surface area (TPSA) is 22.0 Å². The largest absolute Gasteiger partial charge is 0.315 e. The van der Waals surface area contributed by atoms with Crippen LogP contribution in [0.1, 0.15) is 27.3 Å². The Kier molecular flexibility index (Phi) is 2.84. The van der Waals surface area contributed by atoms with E-state index in [0.29, 0.717) is 11.3 Å². The van der Waals surface area contributed by atoms with Gasteiger partial charge in [0.25, 0.3) is 0 Å². The second kappa shape index (κ2) is 4.17. The van der Waals surface area contributed by atoms with Crippen molar-refractivity contribution >= 4 is 6.29 Å². The Balaban J connectivity index is 2.72. The molecule has 0 saturated carbocycles. The zero-order valence-electron chi connectivity index (χ0n) is 10.1. The second-order valence-electron chi connectivity index (χ2n) is 4.23. The van der Waals surface area contributed by atoms with Gasteiger partial charge in [0.05, 0.1) is 5.69 Å². The molecule has 0 aliphatic carbocycles. The molecule has 0 fully saturated rings. The van der Waals surface area contributed by atoms with Gasteiger partial charge in [0.15, 0.2) is 6.29 Å². The van der Waals surface area contributed by atoms with Gasteiger partial charge in [0, 0.05) is 17.0 Å². The maximum Gasteiger partial charge on any atom is 0.151 e. The van der Waals surface area contributed by atoms with Crippen LogP contribution in [-0.2, 0) is 0 Å². The molecule has 17 heavy (non-hydrogen) atoms. The van der Waals surface area contributed by atoms with E-state index in [1.54, 1.807) is 22.8 Å². The summed E-state index contributed by atoms with van der Waals surface area (Å²) in [6, 6.07) is 6.73. The average molecular weight is 231 g/mol. The number of rotatable bonds is 2. The van der Waals surface area contributed by atoms with Crippen molar-refractivity contribution in [2.24, 2.45) is 0 Å². The normalized spacial score (nSPS) is 10.6. The molecule has 2 nitrogen and oxygen atoms in total. The molecule has 0 N–H and O–H groups in total. The Morgan fingerprint density at radius 2 is 1.88 bits per heavy atom. The molecular formula is C14H14FNO. The lowest BCUT2D eigenvalue weighted by atomic mass is 10.2. The minimum absolute atomic E-state index is 0.283. The van der Waals surface area contributed by atoms with Crippen LogP contribution in [0.25, 0.3) is 5.69 Å². The van der Waals surface area contributed by atoms with Gasteiger partial charge in [-0.3, -0.25) is 4.79 Å². The zero-order chi connectivity index (χ0) is 12.6. The molecule has 0 radical (unpaired) electrons. The molecule has 1 aromatic heterocycles. The highest BCUT2D eigenvalue weighted by Crippen LogP contribution is 2.22. The number of aromatic nitrogens is 1. The number of aldehydes is 1. The van der Waals surface area contributed by atoms with Crippen molar-refractivity contribution in [2.45, 2.75) is 20.8 Å². The van der Waals surface area contributed by atoms with Gasteiger partial charge >= 0.3 is 0 Å². The summed E-state index contributed by atoms with van der Waals surface area (Å²) in [6.07, 6.45) is 0.798. The van der Waals surface area contributed by atoms with E-state index in [0.717, 1.165) is 23.2 Å². The standard InChI is InChI=1S/C14H14FNO/c1-9-4-5-13(15)14(6-9)16-10(2)7-12(8-17)11(16)3/h4-8H,1-3H3. The smallest absolute Gasteiger partial charge is 0.151 e. The predicted molar refractivity (Wildman–Crippen MR) is 65.3 cm³/mol. The molecule has 88 valence electrons. The van der Waals surface area contributed by atoms with Crippen LogP contribution in [0.4, 0.5) is 4.39 Å². The first-order valence-corrected chi connectivity index (χ1v) is 5.45. The summed E-state index contributed by atoms with van der Waals surface area (Å²) >= 11 is 0. The molecule has 1 aromatic carbocycles. The van der Waals surface area contributed by atoms with Crippen molar-refractivity contribution in [1.82, 2.24) is 4.57 Å². The molecule has 0 amide bonds. The Morgan fingerprint density at radius 3 is 2.47 bits per heavy atom. The Labute approximate surface area is 99.7 Å². The molecule has 0 saturated heterocycles. The van der Waals surface area contributed by atoms with Gasteiger partial charge in [-0.2, -0.15) is 0 Å². The highest BCUT2D eigenvalue weighted by molar-refractivity contribution is 5.77. The number of benzene rings is 1. The first kappa shape index (κ1) is 11.6. The predicted octanol–water partition coefficient (Wildman–Crippen LogP) is 3.35. The minimum atomic E-state index is -0.283. The van der Waals surface area contributed by atoms with E-state index >= 15 is 0 Å². The van der Waals surface area contributed by atoms with Gasteiger partial charge in [-0.15, -0.1) is 0 Å². The van der Waals surface area contributed by atoms with E-state index in [1.807, 2.05) is 20.8 Å². The SMILES string of the molecule is Cc1ccc(F)c(-n2c(C)cc(C=O)c2C)c1. The highest BCUT2D eigenvalue weighted by Gasteiger charge is 2.13. The molecule has 0 bridgehead atoms. The van der Waals surface area contributed by atoms with E-state index in [1.165, 1.54) is 6.07 Å². The summed E-state index contributed by atoms with van der Waals surface area (Å²) in [5.41, 5.74) is 3.70. The number of hydrogen-bond acceptors (Lipinski definition) is 1. The van der Waals surface area contributed by atoms with E-state index in [9.17, 15) is 9.18 Å². The van der Waals surface area contributed by atoms with E-state index in [2.05, 4.69) is 0 Å². The maximum absolute atomic E-state index is 13.8. The van der Waals surface area contributed by atoms with Crippen LogP contribution in [0.5, 0.6) is 0 Å². The van der Waals surface area contributed by atoms with Gasteiger partial charge in [0.2, 0.25) is 0 Å². The zero-order valence-corrected chi connectivity index (χ0v) is 10.1. The lowest BCUT2D eigenvalue weighted by molar-refractivity contribution is 0.112. The quantitative estimate of drug-likeness (QED) is 0.726. The third kappa shape index (κ3) is 1.88. The van der Waals surface area contributed by atoms with Crippen molar-refractivity contribution in [2.75, 3.05) is 0 Å². The number of aryl methyl sites for hydroxylation is 2. The van der Waals surface area contributed by atoms with E-state index < -0.39 is 0 Å². The fourth-order valence-electron chi connectivity index (χ4n) is 2.07. The Morgan fingerprint density at radius 1 is 1.18 bits per heavy atom. The monoisotopic (exact) mass is 231 g/mol. The fourth-order valence-corrected chi connectivity index (χ4v) is 2.07. The molecule has 0 unspecified atom stereocenters. The summed E-state index contributed by atoms with van der Waals surface area (Å²) in [4.78, 5) is 10.9. The first-order valence-electron chi connectivity index (χ1n) is 5.45. The number of carbonyl (C=O) groups is 1. The van der Waals surface area contributed by atoms with E-state index in [-0.39, 0.29) is 5.82 Å². The summed E-state index contributed by atoms with van der Waals surface area (Å²) < 4.78 is 15.6. The number of halogens is 1. The van der Waals surface area contributed by atoms with Gasteiger partial charge in [-0.1, -0.05) is 6.07 Å². The molecule has 0 aliphatic heterocycles. The van der Waals surface area contributed by atoms with Crippen molar-refractivity contribution in [1.29, 1.82) is 0 Å². The van der Waals surface area contributed by atoms with Crippen LogP contribution in [0, 0.1) is 26.6 Å². The third-order valence-electron chi connectivity index (χ3n) is 2.94. The van der Waals surface area contributed by atoms with Crippen LogP contribution in [0.3, 0.4) is 0 Å². The Hall–Kier alpha value is -1.90. The maximum atomic E-state index is 13.8. The van der Waals surface area contributed by atoms with Gasteiger partial charge < -0.3 is 4.57 Å². The fraction of sp³-hybridized carbons (Fsp3) is 0.214. The van der Waals surface area contributed by atoms with Crippen LogP contribution >= 0.6 is 0 Å². The lowest BCUT2D eigenvalue weighted by Gasteiger charge is -2.11. The van der Waals surface area contributed by atoms with Gasteiger partial charge in [-0.25, -0.2) is 4.39 Å². The van der Waals surface area contributed by atoms with Crippen molar-refractivity contribution in [3.8, 4) is 5.69 Å². The van der Waals surface area contributed by atoms with E-state index in [4.69, 9.17) is 0 Å². The average Bonchev–Trinajstić information content (AvgIpc) is 2.58. The third-order valence-corrected chi connectivity index (χ3v) is 2.94.